The zero-order chi connectivity index (χ0) is 13.9. The fraction of sp³-hybridized carbons (Fsp3) is 0.500. The standard InChI is InChI=1S/C14H19Cl2NO2/c15-9-3-1-2-4-10-17-14(18)11-19-13-7-5-12(16)6-8-13/h5-8H,1-4,9-11H2,(H,17,18). The summed E-state index contributed by atoms with van der Waals surface area (Å²) in [5.74, 6) is 1.25. The average molecular weight is 304 g/mol. The smallest absolute Gasteiger partial charge is 0.257 e. The van der Waals surface area contributed by atoms with E-state index < -0.39 is 0 Å². The normalized spacial score (nSPS) is 10.2. The summed E-state index contributed by atoms with van der Waals surface area (Å²) >= 11 is 11.3. The molecule has 5 heteroatoms. The van der Waals surface area contributed by atoms with Gasteiger partial charge >= 0.3 is 0 Å². The van der Waals surface area contributed by atoms with Crippen LogP contribution < -0.4 is 10.1 Å². The van der Waals surface area contributed by atoms with E-state index in [2.05, 4.69) is 5.32 Å². The monoisotopic (exact) mass is 303 g/mol. The van der Waals surface area contributed by atoms with Crippen LogP contribution in [0.5, 0.6) is 5.75 Å². The van der Waals surface area contributed by atoms with E-state index in [0.717, 1.165) is 25.7 Å². The van der Waals surface area contributed by atoms with Crippen LogP contribution in [0.2, 0.25) is 5.02 Å². The predicted molar refractivity (Wildman–Crippen MR) is 79.1 cm³/mol. The van der Waals surface area contributed by atoms with Crippen LogP contribution in [0.15, 0.2) is 24.3 Å². The third-order valence-electron chi connectivity index (χ3n) is 2.57. The van der Waals surface area contributed by atoms with Crippen LogP contribution in [0.3, 0.4) is 0 Å². The minimum absolute atomic E-state index is 0.0311. The number of carbonyl (C=O) groups is 1. The van der Waals surface area contributed by atoms with Crippen LogP contribution in [0.4, 0.5) is 0 Å². The van der Waals surface area contributed by atoms with Gasteiger partial charge in [-0.1, -0.05) is 24.4 Å². The maximum atomic E-state index is 11.5. The first kappa shape index (κ1) is 16.1. The first-order chi connectivity index (χ1) is 9.22. The van der Waals surface area contributed by atoms with Crippen molar-refractivity contribution in [3.63, 3.8) is 0 Å². The Kier molecular flexibility index (Phi) is 8.43. The molecule has 0 heterocycles. The van der Waals surface area contributed by atoms with Gasteiger partial charge in [-0.3, -0.25) is 4.79 Å². The molecule has 106 valence electrons. The van der Waals surface area contributed by atoms with E-state index >= 15 is 0 Å². The van der Waals surface area contributed by atoms with Crippen molar-refractivity contribution in [1.29, 1.82) is 0 Å². The number of hydrogen-bond acceptors (Lipinski definition) is 2. The lowest BCUT2D eigenvalue weighted by Gasteiger charge is -2.07. The van der Waals surface area contributed by atoms with Crippen LogP contribution in [-0.4, -0.2) is 24.9 Å². The van der Waals surface area contributed by atoms with E-state index in [1.54, 1.807) is 24.3 Å². The highest BCUT2D eigenvalue weighted by Crippen LogP contribution is 2.15. The molecule has 0 aromatic heterocycles. The molecule has 0 saturated carbocycles. The van der Waals surface area contributed by atoms with E-state index in [1.807, 2.05) is 0 Å². The van der Waals surface area contributed by atoms with Crippen molar-refractivity contribution in [2.45, 2.75) is 25.7 Å². The summed E-state index contributed by atoms with van der Waals surface area (Å²) in [6, 6.07) is 6.93. The number of halogens is 2. The van der Waals surface area contributed by atoms with Crippen LogP contribution in [0, 0.1) is 0 Å². The molecule has 1 aromatic rings. The van der Waals surface area contributed by atoms with Crippen molar-refractivity contribution in [2.75, 3.05) is 19.0 Å². The molecule has 0 fully saturated rings. The molecule has 0 atom stereocenters. The molecule has 0 spiro atoms. The second-order valence-electron chi connectivity index (χ2n) is 4.20. The van der Waals surface area contributed by atoms with Gasteiger partial charge in [-0.25, -0.2) is 0 Å². The second kappa shape index (κ2) is 9.93. The van der Waals surface area contributed by atoms with Gasteiger partial charge in [0.2, 0.25) is 0 Å². The van der Waals surface area contributed by atoms with Gasteiger partial charge in [0.25, 0.3) is 5.91 Å². The Hall–Kier alpha value is -0.930. The molecule has 0 unspecified atom stereocenters. The number of unbranched alkanes of at least 4 members (excludes halogenated alkanes) is 3. The quantitative estimate of drug-likeness (QED) is 0.559. The molecule has 1 N–H and O–H groups in total. The van der Waals surface area contributed by atoms with Crippen LogP contribution in [0.25, 0.3) is 0 Å². The first-order valence-corrected chi connectivity index (χ1v) is 7.34. The van der Waals surface area contributed by atoms with E-state index in [9.17, 15) is 4.79 Å². The Balaban J connectivity index is 2.06. The fourth-order valence-corrected chi connectivity index (χ4v) is 1.85. The van der Waals surface area contributed by atoms with Gasteiger partial charge in [0.05, 0.1) is 0 Å². The van der Waals surface area contributed by atoms with Crippen LogP contribution >= 0.6 is 23.2 Å². The van der Waals surface area contributed by atoms with Crippen molar-refractivity contribution in [3.8, 4) is 5.75 Å². The van der Waals surface area contributed by atoms with Gasteiger partial charge in [0.15, 0.2) is 6.61 Å². The Morgan fingerprint density at radius 1 is 1.11 bits per heavy atom. The molecule has 0 bridgehead atoms. The summed E-state index contributed by atoms with van der Waals surface area (Å²) in [6.07, 6.45) is 4.21. The molecule has 1 amide bonds. The summed E-state index contributed by atoms with van der Waals surface area (Å²) in [6.45, 7) is 0.717. The Bertz CT molecular complexity index is 368. The number of nitrogens with one attached hydrogen (secondary N) is 1. The average Bonchev–Trinajstić information content (AvgIpc) is 2.42. The maximum absolute atomic E-state index is 11.5. The third-order valence-corrected chi connectivity index (χ3v) is 3.09. The van der Waals surface area contributed by atoms with Crippen LogP contribution in [-0.2, 0) is 4.79 Å². The van der Waals surface area contributed by atoms with Gasteiger partial charge in [-0.05, 0) is 37.1 Å². The van der Waals surface area contributed by atoms with E-state index in [-0.39, 0.29) is 12.5 Å². The maximum Gasteiger partial charge on any atom is 0.257 e. The van der Waals surface area contributed by atoms with Crippen molar-refractivity contribution < 1.29 is 9.53 Å². The zero-order valence-electron chi connectivity index (χ0n) is 10.8. The van der Waals surface area contributed by atoms with E-state index in [4.69, 9.17) is 27.9 Å². The molecule has 1 aromatic carbocycles. The number of amides is 1. The van der Waals surface area contributed by atoms with Gasteiger partial charge < -0.3 is 10.1 Å². The van der Waals surface area contributed by atoms with Crippen molar-refractivity contribution in [1.82, 2.24) is 5.32 Å². The SMILES string of the molecule is O=C(COc1ccc(Cl)cc1)NCCCCCCCl. The summed E-state index contributed by atoms with van der Waals surface area (Å²) in [7, 11) is 0. The van der Waals surface area contributed by atoms with E-state index in [1.165, 1.54) is 0 Å². The molecular weight excluding hydrogens is 285 g/mol. The van der Waals surface area contributed by atoms with Gasteiger partial charge in [0.1, 0.15) is 5.75 Å². The summed E-state index contributed by atoms with van der Waals surface area (Å²) in [5.41, 5.74) is 0. The number of carbonyl (C=O) groups excluding carboxylic acids is 1. The first-order valence-electron chi connectivity index (χ1n) is 6.43. The predicted octanol–water partition coefficient (Wildman–Crippen LogP) is 3.63. The topological polar surface area (TPSA) is 38.3 Å². The molecule has 3 nitrogen and oxygen atoms in total. The van der Waals surface area contributed by atoms with Crippen LogP contribution in [0.1, 0.15) is 25.7 Å². The fourth-order valence-electron chi connectivity index (χ4n) is 1.53. The van der Waals surface area contributed by atoms with Crippen molar-refractivity contribution >= 4 is 29.1 Å². The molecule has 0 aliphatic heterocycles. The number of hydrogen-bond donors (Lipinski definition) is 1. The highest BCUT2D eigenvalue weighted by Gasteiger charge is 2.02. The zero-order valence-corrected chi connectivity index (χ0v) is 12.3. The molecule has 19 heavy (non-hydrogen) atoms. The molecular formula is C14H19Cl2NO2. The highest BCUT2D eigenvalue weighted by atomic mass is 35.5. The molecule has 1 rings (SSSR count). The number of rotatable bonds is 9. The highest BCUT2D eigenvalue weighted by molar-refractivity contribution is 6.30. The van der Waals surface area contributed by atoms with Crippen molar-refractivity contribution in [3.05, 3.63) is 29.3 Å². The third kappa shape index (κ3) is 7.96. The van der Waals surface area contributed by atoms with Gasteiger partial charge in [-0.2, -0.15) is 0 Å². The van der Waals surface area contributed by atoms with Gasteiger partial charge in [-0.15, -0.1) is 11.6 Å². The number of ether oxygens (including phenoxy) is 1. The Morgan fingerprint density at radius 3 is 2.47 bits per heavy atom. The van der Waals surface area contributed by atoms with Crippen molar-refractivity contribution in [2.24, 2.45) is 0 Å². The molecule has 0 aliphatic rings. The number of benzene rings is 1. The Labute approximate surface area is 124 Å². The number of alkyl halides is 1. The largest absolute Gasteiger partial charge is 0.484 e. The lowest BCUT2D eigenvalue weighted by Crippen LogP contribution is -2.29. The Morgan fingerprint density at radius 2 is 1.79 bits per heavy atom. The molecule has 0 radical (unpaired) electrons. The molecule has 0 aliphatic carbocycles. The van der Waals surface area contributed by atoms with Gasteiger partial charge in [0, 0.05) is 17.4 Å². The lowest BCUT2D eigenvalue weighted by molar-refractivity contribution is -0.123. The second-order valence-corrected chi connectivity index (χ2v) is 5.01. The summed E-state index contributed by atoms with van der Waals surface area (Å²) < 4.78 is 5.33. The minimum Gasteiger partial charge on any atom is -0.484 e. The van der Waals surface area contributed by atoms with E-state index in [0.29, 0.717) is 23.2 Å². The minimum atomic E-state index is -0.104. The summed E-state index contributed by atoms with van der Waals surface area (Å²) in [4.78, 5) is 11.5. The molecule has 0 saturated heterocycles. The lowest BCUT2D eigenvalue weighted by atomic mass is 10.2. The summed E-state index contributed by atoms with van der Waals surface area (Å²) in [5, 5.41) is 3.47.